The molecule has 2 amide bonds. The molecule has 2 heterocycles. The van der Waals surface area contributed by atoms with Crippen LogP contribution in [0.1, 0.15) is 27.7 Å². The zero-order valence-electron chi connectivity index (χ0n) is 14.4. The summed E-state index contributed by atoms with van der Waals surface area (Å²) < 4.78 is 6.74. The zero-order valence-corrected chi connectivity index (χ0v) is 14.4. The summed E-state index contributed by atoms with van der Waals surface area (Å²) >= 11 is 0. The summed E-state index contributed by atoms with van der Waals surface area (Å²) in [5, 5.41) is 11.8. The Morgan fingerprint density at radius 3 is 3.08 bits per heavy atom. The van der Waals surface area contributed by atoms with E-state index in [4.69, 9.17) is 10.00 Å². The summed E-state index contributed by atoms with van der Waals surface area (Å²) in [7, 11) is 1.57. The second-order valence-corrected chi connectivity index (χ2v) is 5.97. The number of hydrogen-bond acceptors (Lipinski definition) is 5. The van der Waals surface area contributed by atoms with Crippen molar-refractivity contribution in [3.8, 4) is 6.07 Å². The Balaban J connectivity index is 1.81. The summed E-state index contributed by atoms with van der Waals surface area (Å²) in [6.07, 6.45) is 3.26. The molecule has 2 aromatic rings. The molecule has 0 saturated carbocycles. The van der Waals surface area contributed by atoms with Gasteiger partial charge in [-0.2, -0.15) is 5.26 Å². The Morgan fingerprint density at radius 2 is 2.31 bits per heavy atom. The summed E-state index contributed by atoms with van der Waals surface area (Å²) in [5.74, 6) is -0.409. The maximum absolute atomic E-state index is 12.9. The van der Waals surface area contributed by atoms with E-state index in [2.05, 4.69) is 10.3 Å². The van der Waals surface area contributed by atoms with Crippen LogP contribution in [0.4, 0.5) is 0 Å². The lowest BCUT2D eigenvalue weighted by molar-refractivity contribution is -0.125. The van der Waals surface area contributed by atoms with Crippen LogP contribution in [0.5, 0.6) is 0 Å². The van der Waals surface area contributed by atoms with E-state index in [9.17, 15) is 9.59 Å². The highest BCUT2D eigenvalue weighted by molar-refractivity contribution is 5.95. The highest BCUT2D eigenvalue weighted by atomic mass is 16.5. The number of methoxy groups -OCH3 is 1. The van der Waals surface area contributed by atoms with Crippen molar-refractivity contribution in [3.63, 3.8) is 0 Å². The maximum atomic E-state index is 12.9. The maximum Gasteiger partial charge on any atom is 0.254 e. The van der Waals surface area contributed by atoms with Gasteiger partial charge in [0.15, 0.2) is 0 Å². The minimum Gasteiger partial charge on any atom is -0.383 e. The molecule has 8 heteroatoms. The Bertz CT molecular complexity index is 855. The van der Waals surface area contributed by atoms with E-state index in [1.54, 1.807) is 53.4 Å². The molecule has 134 valence electrons. The number of imidazole rings is 1. The fraction of sp³-hybridized carbons (Fsp3) is 0.333. The minimum atomic E-state index is -0.554. The van der Waals surface area contributed by atoms with Crippen LogP contribution in [-0.2, 0) is 16.1 Å². The second-order valence-electron chi connectivity index (χ2n) is 5.97. The molecular weight excluding hydrogens is 334 g/mol. The van der Waals surface area contributed by atoms with Gasteiger partial charge in [-0.05, 0) is 18.2 Å². The lowest BCUT2D eigenvalue weighted by atomic mass is 10.1. The molecule has 1 aromatic heterocycles. The molecule has 1 aliphatic heterocycles. The smallest absolute Gasteiger partial charge is 0.254 e. The SMILES string of the molecule is COCCNC(=O)C1CN(C(=O)c2cccc(C#N)c2)Cc2cncn21. The van der Waals surface area contributed by atoms with Crippen molar-refractivity contribution < 1.29 is 14.3 Å². The molecule has 1 atom stereocenters. The number of ether oxygens (including phenoxy) is 1. The van der Waals surface area contributed by atoms with Gasteiger partial charge in [0.25, 0.3) is 5.91 Å². The van der Waals surface area contributed by atoms with Crippen molar-refractivity contribution in [1.29, 1.82) is 5.26 Å². The van der Waals surface area contributed by atoms with Gasteiger partial charge in [0.2, 0.25) is 5.91 Å². The molecule has 26 heavy (non-hydrogen) atoms. The van der Waals surface area contributed by atoms with Gasteiger partial charge in [0.1, 0.15) is 6.04 Å². The number of fused-ring (bicyclic) bond motifs is 1. The first kappa shape index (κ1) is 17.6. The first-order valence-electron chi connectivity index (χ1n) is 8.21. The van der Waals surface area contributed by atoms with E-state index >= 15 is 0 Å². The molecule has 0 aliphatic carbocycles. The highest BCUT2D eigenvalue weighted by Gasteiger charge is 2.32. The van der Waals surface area contributed by atoms with E-state index in [1.807, 2.05) is 6.07 Å². The Hall–Kier alpha value is -3.18. The molecule has 1 aliphatic rings. The molecule has 0 spiro atoms. The Morgan fingerprint density at radius 1 is 1.46 bits per heavy atom. The molecule has 1 N–H and O–H groups in total. The van der Waals surface area contributed by atoms with Crippen molar-refractivity contribution in [1.82, 2.24) is 19.8 Å². The standard InChI is InChI=1S/C18H19N5O3/c1-26-6-5-21-17(24)16-11-22(10-15-9-20-12-23(15)16)18(25)14-4-2-3-13(7-14)8-19/h2-4,7,9,12,16H,5-6,10-11H2,1H3,(H,21,24). The number of rotatable bonds is 5. The van der Waals surface area contributed by atoms with E-state index in [-0.39, 0.29) is 18.4 Å². The number of carbonyl (C=O) groups is 2. The Labute approximate surface area is 151 Å². The third-order valence-corrected chi connectivity index (χ3v) is 4.26. The van der Waals surface area contributed by atoms with E-state index in [1.165, 1.54) is 0 Å². The van der Waals surface area contributed by atoms with Gasteiger partial charge >= 0.3 is 0 Å². The van der Waals surface area contributed by atoms with Gasteiger partial charge in [-0.25, -0.2) is 4.98 Å². The van der Waals surface area contributed by atoms with E-state index in [0.717, 1.165) is 5.69 Å². The molecule has 3 rings (SSSR count). The zero-order chi connectivity index (χ0) is 18.5. The number of amides is 2. The van der Waals surface area contributed by atoms with Gasteiger partial charge in [0, 0.05) is 25.4 Å². The highest BCUT2D eigenvalue weighted by Crippen LogP contribution is 2.23. The third-order valence-electron chi connectivity index (χ3n) is 4.26. The number of benzene rings is 1. The van der Waals surface area contributed by atoms with Crippen LogP contribution in [0.3, 0.4) is 0 Å². The van der Waals surface area contributed by atoms with Crippen molar-refractivity contribution in [2.45, 2.75) is 12.6 Å². The van der Waals surface area contributed by atoms with Crippen LogP contribution >= 0.6 is 0 Å². The molecule has 0 fully saturated rings. The first-order chi connectivity index (χ1) is 12.6. The van der Waals surface area contributed by atoms with Gasteiger partial charge < -0.3 is 19.5 Å². The Kier molecular flexibility index (Phi) is 5.29. The predicted octanol–water partition coefficient (Wildman–Crippen LogP) is 0.714. The third kappa shape index (κ3) is 3.58. The monoisotopic (exact) mass is 353 g/mol. The summed E-state index contributed by atoms with van der Waals surface area (Å²) in [5.41, 5.74) is 1.63. The normalized spacial score (nSPS) is 15.8. The largest absolute Gasteiger partial charge is 0.383 e. The second kappa shape index (κ2) is 7.80. The molecule has 1 unspecified atom stereocenters. The molecule has 0 saturated heterocycles. The minimum absolute atomic E-state index is 0.190. The number of hydrogen-bond donors (Lipinski definition) is 1. The van der Waals surface area contributed by atoms with Crippen LogP contribution in [0, 0.1) is 11.3 Å². The van der Waals surface area contributed by atoms with Crippen LogP contribution in [0.15, 0.2) is 36.8 Å². The number of nitriles is 1. The lowest BCUT2D eigenvalue weighted by Crippen LogP contribution is -2.47. The number of nitrogens with zero attached hydrogens (tertiary/aromatic N) is 4. The van der Waals surface area contributed by atoms with Gasteiger partial charge in [0.05, 0.1) is 43.4 Å². The summed E-state index contributed by atoms with van der Waals surface area (Å²) in [6.45, 7) is 1.40. The number of nitrogens with one attached hydrogen (secondary N) is 1. The van der Waals surface area contributed by atoms with Crippen LogP contribution in [0.2, 0.25) is 0 Å². The molecule has 0 radical (unpaired) electrons. The predicted molar refractivity (Wildman–Crippen MR) is 92.0 cm³/mol. The van der Waals surface area contributed by atoms with Crippen LogP contribution < -0.4 is 5.32 Å². The lowest BCUT2D eigenvalue weighted by Gasteiger charge is -2.33. The van der Waals surface area contributed by atoms with Crippen molar-refractivity contribution in [2.24, 2.45) is 0 Å². The van der Waals surface area contributed by atoms with Crippen molar-refractivity contribution in [3.05, 3.63) is 53.6 Å². The van der Waals surface area contributed by atoms with E-state index in [0.29, 0.717) is 30.8 Å². The molecule has 1 aromatic carbocycles. The van der Waals surface area contributed by atoms with Crippen molar-refractivity contribution in [2.75, 3.05) is 26.8 Å². The number of aromatic nitrogens is 2. The van der Waals surface area contributed by atoms with Crippen LogP contribution in [0.25, 0.3) is 0 Å². The average Bonchev–Trinajstić information content (AvgIpc) is 3.15. The molecule has 0 bridgehead atoms. The fourth-order valence-corrected chi connectivity index (χ4v) is 2.95. The summed E-state index contributed by atoms with van der Waals surface area (Å²) in [4.78, 5) is 31.1. The molecule has 8 nitrogen and oxygen atoms in total. The van der Waals surface area contributed by atoms with E-state index < -0.39 is 6.04 Å². The van der Waals surface area contributed by atoms with Crippen LogP contribution in [-0.4, -0.2) is 53.1 Å². The summed E-state index contributed by atoms with van der Waals surface area (Å²) in [6, 6.07) is 8.03. The number of carbonyl (C=O) groups excluding carboxylic acids is 2. The van der Waals surface area contributed by atoms with Crippen molar-refractivity contribution >= 4 is 11.8 Å². The average molecular weight is 353 g/mol. The van der Waals surface area contributed by atoms with Gasteiger partial charge in [-0.1, -0.05) is 6.07 Å². The molecular formula is C18H19N5O3. The topological polar surface area (TPSA) is 100 Å². The quantitative estimate of drug-likeness (QED) is 0.798. The van der Waals surface area contributed by atoms with Gasteiger partial charge in [-0.3, -0.25) is 9.59 Å². The van der Waals surface area contributed by atoms with Gasteiger partial charge in [-0.15, -0.1) is 0 Å². The fourth-order valence-electron chi connectivity index (χ4n) is 2.95. The first-order valence-corrected chi connectivity index (χ1v) is 8.21.